The van der Waals surface area contributed by atoms with Gasteiger partial charge in [-0.25, -0.2) is 0 Å². The first kappa shape index (κ1) is 56.5. The number of allylic oxidation sites excluding steroid dienone is 7. The number of phenols is 3. The normalized spacial score (nSPS) is 44.8. The maximum atomic E-state index is 18.1. The number of aromatic hydroxyl groups is 3. The summed E-state index contributed by atoms with van der Waals surface area (Å²) in [6.45, 7) is -0.403. The van der Waals surface area contributed by atoms with Gasteiger partial charge in [-0.15, -0.1) is 5.92 Å². The zero-order valence-electron chi connectivity index (χ0n) is 53.8. The smallest absolute Gasteiger partial charge is 0.160 e. The summed E-state index contributed by atoms with van der Waals surface area (Å²) in [5.74, 6) is 12.2. The van der Waals surface area contributed by atoms with E-state index in [1.54, 1.807) is 6.07 Å². The number of fused-ring (bicyclic) bond motifs is 5. The number of nitrogens with one attached hydrogen (secondary N) is 1. The van der Waals surface area contributed by atoms with Gasteiger partial charge in [0.05, 0.1) is 37.4 Å². The first-order chi connectivity index (χ1) is 45.6. The molecule has 1 saturated heterocycles. The summed E-state index contributed by atoms with van der Waals surface area (Å²) < 4.78 is 5.92. The van der Waals surface area contributed by atoms with Gasteiger partial charge in [0.1, 0.15) is 11.2 Å². The van der Waals surface area contributed by atoms with E-state index >= 15 is 9.90 Å². The van der Waals surface area contributed by atoms with E-state index in [0.717, 1.165) is 116 Å². The van der Waals surface area contributed by atoms with Crippen LogP contribution in [-0.2, 0) is 40.5 Å². The Morgan fingerprint density at radius 3 is 2.50 bits per heavy atom. The highest BCUT2D eigenvalue weighted by molar-refractivity contribution is 5.87. The van der Waals surface area contributed by atoms with Crippen LogP contribution in [0.4, 0.5) is 0 Å². The topological polar surface area (TPSA) is 180 Å². The fourth-order valence-corrected chi connectivity index (χ4v) is 28.3. The van der Waals surface area contributed by atoms with Crippen LogP contribution in [-0.4, -0.2) is 78.0 Å². The number of phenolic OH excluding ortho intramolecular Hbond substituents is 3. The Bertz CT molecular complexity index is 4430. The van der Waals surface area contributed by atoms with E-state index in [-0.39, 0.29) is 75.6 Å². The van der Waals surface area contributed by atoms with Crippen LogP contribution in [0.25, 0.3) is 6.08 Å². The standard InChI is InChI=1S/C84H85NO9/c1-94-70-37-57(49(42-86)32-68(70)90)56-34-69(91)73-54-18-24-78-21-8-12-64-55(15-13-45(56)27-44-9-3-2-4-10-44)76-83(73,93)26-25-80(85-64)40-52-30-46-28-48(29-47-31-59(54)74(78)75-53(47)16-14-50-17-23-77(19-5-6-20-77)82(50,75)41-72(78)92)65(87)35-58(46)62-33-51-11-7-22-79(51)43-81(52,62)71-39-61(79)60-36-66(88)67(89)38-63(60)84(71,76)80/h2-4,9-10,14,16,18,24,28,30-33,36-38,45,50-52,54-56,58,61,64-65,71-73,76,85-90,92-93H,5-7,11-12,17,19-20,22-23,25-27,29,34-35,39-43H2,1H3. The molecule has 10 heteroatoms. The molecule has 19 aliphatic rings. The van der Waals surface area contributed by atoms with E-state index in [0.29, 0.717) is 62.0 Å². The molecule has 0 amide bonds. The Labute approximate surface area is 550 Å². The summed E-state index contributed by atoms with van der Waals surface area (Å²) in [5.41, 5.74) is 8.10. The largest absolute Gasteiger partial charge is 0.504 e. The van der Waals surface area contributed by atoms with Gasteiger partial charge in [0.2, 0.25) is 0 Å². The van der Waals surface area contributed by atoms with Crippen molar-refractivity contribution in [3.63, 3.8) is 0 Å². The number of rotatable bonds is 5. The van der Waals surface area contributed by atoms with Crippen LogP contribution in [0.2, 0.25) is 0 Å². The molecule has 4 aromatic carbocycles. The molecule has 22 atom stereocenters. The molecule has 94 heavy (non-hydrogen) atoms. The molecule has 23 rings (SSSR count). The molecule has 19 bridgehead atoms. The molecule has 1 heterocycles. The molecule has 480 valence electrons. The molecule has 18 aliphatic carbocycles. The summed E-state index contributed by atoms with van der Waals surface area (Å²) in [6, 6.07) is 19.6. The number of carbonyl (C=O) groups is 1. The summed E-state index contributed by atoms with van der Waals surface area (Å²) in [4.78, 5) is 18.1. The molecular formula is C84H85NO9. The molecule has 0 radical (unpaired) electrons. The second-order valence-electron chi connectivity index (χ2n) is 33.7. The van der Waals surface area contributed by atoms with E-state index in [1.165, 1.54) is 29.4 Å². The van der Waals surface area contributed by atoms with Crippen molar-refractivity contribution in [2.75, 3.05) is 7.11 Å². The number of hydrogen-bond donors (Lipinski definition) is 8. The second-order valence-corrected chi connectivity index (χ2v) is 33.7. The Balaban J connectivity index is 0.936. The number of hydrogen-bond acceptors (Lipinski definition) is 10. The van der Waals surface area contributed by atoms with Gasteiger partial charge in [0.15, 0.2) is 23.0 Å². The number of piperidine rings is 1. The first-order valence-corrected chi connectivity index (χ1v) is 36.3. The van der Waals surface area contributed by atoms with Crippen molar-refractivity contribution in [1.29, 1.82) is 0 Å². The minimum Gasteiger partial charge on any atom is -0.504 e. The van der Waals surface area contributed by atoms with Gasteiger partial charge in [0.25, 0.3) is 0 Å². The minimum absolute atomic E-state index is 0.0134. The Morgan fingerprint density at radius 2 is 1.66 bits per heavy atom. The lowest BCUT2D eigenvalue weighted by molar-refractivity contribution is -0.262. The van der Waals surface area contributed by atoms with Gasteiger partial charge in [-0.2, -0.15) is 0 Å². The van der Waals surface area contributed by atoms with Gasteiger partial charge >= 0.3 is 0 Å². The van der Waals surface area contributed by atoms with E-state index in [4.69, 9.17) is 4.74 Å². The number of ketones is 1. The van der Waals surface area contributed by atoms with Crippen molar-refractivity contribution in [3.8, 4) is 46.7 Å². The van der Waals surface area contributed by atoms with Crippen LogP contribution in [0, 0.1) is 93.2 Å². The Morgan fingerprint density at radius 1 is 0.809 bits per heavy atom. The summed E-state index contributed by atoms with van der Waals surface area (Å²) in [6.07, 6.45) is 31.4. The zero-order valence-corrected chi connectivity index (χ0v) is 53.8. The number of aliphatic hydroxyl groups is 4. The highest BCUT2D eigenvalue weighted by Gasteiger charge is 2.85. The van der Waals surface area contributed by atoms with Crippen LogP contribution in [0.5, 0.6) is 23.0 Å². The first-order valence-electron chi connectivity index (χ1n) is 36.3. The van der Waals surface area contributed by atoms with Crippen LogP contribution < -0.4 is 10.1 Å². The number of Topliss-reactive ketones (excluding diaryl/α,β-unsaturated/α-hetero) is 1. The van der Waals surface area contributed by atoms with Gasteiger partial charge in [-0.3, -0.25) is 4.79 Å². The average molecular weight is 1250 g/mol. The number of methoxy groups -OCH3 is 1. The lowest BCUT2D eigenvalue weighted by atomic mass is 9.23. The molecule has 7 fully saturated rings. The molecule has 4 aromatic rings. The number of ether oxygens (including phenoxy) is 1. The average Bonchev–Trinajstić information content (AvgIpc) is 0.757. The predicted molar refractivity (Wildman–Crippen MR) is 355 cm³/mol. The zero-order chi connectivity index (χ0) is 63.2. The fourth-order valence-electron chi connectivity index (χ4n) is 28.3. The highest BCUT2D eigenvalue weighted by atomic mass is 16.5. The molecule has 8 N–H and O–H groups in total. The quantitative estimate of drug-likeness (QED) is 0.0545. The third kappa shape index (κ3) is 6.39. The van der Waals surface area contributed by atoms with Crippen LogP contribution in [0.1, 0.15) is 189 Å². The van der Waals surface area contributed by atoms with Crippen LogP contribution in [0.15, 0.2) is 114 Å². The van der Waals surface area contributed by atoms with Gasteiger partial charge in [-0.1, -0.05) is 122 Å². The number of carbonyl (C=O) groups excluding carboxylic acids is 1. The summed E-state index contributed by atoms with van der Waals surface area (Å²) >= 11 is 0. The number of aliphatic hydroxyl groups excluding tert-OH is 3. The van der Waals surface area contributed by atoms with E-state index in [9.17, 15) is 30.6 Å². The lowest BCUT2D eigenvalue weighted by Gasteiger charge is -2.82. The molecule has 6 saturated carbocycles. The van der Waals surface area contributed by atoms with Crippen molar-refractivity contribution >= 4 is 11.9 Å². The van der Waals surface area contributed by atoms with Gasteiger partial charge in [0, 0.05) is 76.2 Å². The monoisotopic (exact) mass is 1250 g/mol. The SMILES string of the molecule is COc1cc(C2CC(=O)C3C4C=CC56C#CCC7NC89CCC3(O)C(C7C#CC2Cc2ccccc2)C82c3cc(O)c(O)cc3C3CC2C27CC38CCCC8C=C2C2CC(O)C(=CC2=CC7C9)Cc2cc4c5c3c2C=CC2CCC4(CCCC4)C32CC6O)c(CO)cc1O. The van der Waals surface area contributed by atoms with Crippen molar-refractivity contribution in [3.05, 3.63) is 169 Å². The molecule has 0 aromatic heterocycles. The van der Waals surface area contributed by atoms with Crippen molar-refractivity contribution in [2.24, 2.45) is 69.5 Å². The minimum atomic E-state index is -1.78. The highest BCUT2D eigenvalue weighted by Crippen LogP contribution is 2.86. The van der Waals surface area contributed by atoms with E-state index < -0.39 is 93.2 Å². The molecule has 7 spiro atoms. The third-order valence-corrected chi connectivity index (χ3v) is 31.2. The fraction of sp³-hybridized carbons (Fsp3) is 0.536. The molecular weight excluding hydrogens is 1170 g/mol. The van der Waals surface area contributed by atoms with Gasteiger partial charge < -0.3 is 45.8 Å². The summed E-state index contributed by atoms with van der Waals surface area (Å²) in [7, 11) is 1.53. The molecule has 22 unspecified atom stereocenters. The summed E-state index contributed by atoms with van der Waals surface area (Å²) in [5, 5.41) is 96.1. The second kappa shape index (κ2) is 18.5. The lowest BCUT2D eigenvalue weighted by Crippen LogP contribution is -2.87. The third-order valence-electron chi connectivity index (χ3n) is 31.2. The molecule has 10 nitrogen and oxygen atoms in total. The van der Waals surface area contributed by atoms with E-state index in [2.05, 4.69) is 89.7 Å². The van der Waals surface area contributed by atoms with Crippen LogP contribution >= 0.6 is 0 Å². The van der Waals surface area contributed by atoms with Gasteiger partial charge in [-0.05, 0) is 228 Å². The Hall–Kier alpha value is -6.63. The van der Waals surface area contributed by atoms with Crippen molar-refractivity contribution < 1.29 is 45.3 Å². The van der Waals surface area contributed by atoms with E-state index in [1.807, 2.05) is 36.4 Å². The Kier molecular flexibility index (Phi) is 11.1. The van der Waals surface area contributed by atoms with Crippen molar-refractivity contribution in [2.45, 2.75) is 198 Å². The number of benzene rings is 4. The predicted octanol–water partition coefficient (Wildman–Crippen LogP) is 12.3. The maximum absolute atomic E-state index is 18.1. The van der Waals surface area contributed by atoms with Crippen molar-refractivity contribution in [1.82, 2.24) is 5.32 Å². The maximum Gasteiger partial charge on any atom is 0.160 e. The van der Waals surface area contributed by atoms with Crippen LogP contribution in [0.3, 0.4) is 0 Å². The molecule has 1 aliphatic heterocycles.